The van der Waals surface area contributed by atoms with Gasteiger partial charge in [-0.1, -0.05) is 26.0 Å². The number of nitrogens with zero attached hydrogens (tertiary/aromatic N) is 3. The van der Waals surface area contributed by atoms with Crippen LogP contribution >= 0.6 is 0 Å². The van der Waals surface area contributed by atoms with Crippen LogP contribution in [0.4, 0.5) is 5.69 Å². The van der Waals surface area contributed by atoms with E-state index < -0.39 is 0 Å². The van der Waals surface area contributed by atoms with Gasteiger partial charge in [0.05, 0.1) is 5.69 Å². The van der Waals surface area contributed by atoms with Crippen molar-refractivity contribution in [2.75, 3.05) is 5.32 Å². The molecule has 0 fully saturated rings. The molecule has 0 saturated carbocycles. The minimum Gasteiger partial charge on any atom is -0.325 e. The highest BCUT2D eigenvalue weighted by Gasteiger charge is 2.20. The topological polar surface area (TPSA) is 68.4 Å². The number of hydrogen-bond donors (Lipinski definition) is 1. The molecule has 1 aromatic carbocycles. The smallest absolute Gasteiger partial charge is 0.277 e. The largest absolute Gasteiger partial charge is 0.325 e. The number of anilines is 1. The van der Waals surface area contributed by atoms with Crippen molar-refractivity contribution in [1.82, 2.24) is 14.2 Å². The van der Waals surface area contributed by atoms with Gasteiger partial charge in [0, 0.05) is 23.6 Å². The molecule has 1 N–H and O–H groups in total. The molecule has 1 aliphatic carbocycles. The predicted molar refractivity (Wildman–Crippen MR) is 105 cm³/mol. The summed E-state index contributed by atoms with van der Waals surface area (Å²) in [5, 5.41) is 7.39. The molecule has 27 heavy (non-hydrogen) atoms. The zero-order chi connectivity index (χ0) is 19.0. The lowest BCUT2D eigenvalue weighted by atomic mass is 9.97. The Morgan fingerprint density at radius 1 is 1.15 bits per heavy atom. The number of nitrogens with one attached hydrogen (secondary N) is 1. The number of carbonyl (C=O) groups excluding carboxylic acids is 1. The van der Waals surface area contributed by atoms with Crippen LogP contribution < -0.4 is 10.9 Å². The lowest BCUT2D eigenvalue weighted by molar-refractivity contribution is -0.116. The van der Waals surface area contributed by atoms with Crippen LogP contribution in [0.2, 0.25) is 0 Å². The molecule has 0 radical (unpaired) electrons. The van der Waals surface area contributed by atoms with Crippen LogP contribution in [0.1, 0.15) is 49.4 Å². The van der Waals surface area contributed by atoms with Gasteiger partial charge in [-0.3, -0.25) is 9.59 Å². The second kappa shape index (κ2) is 7.02. The molecule has 6 heteroatoms. The second-order valence-electron chi connectivity index (χ2n) is 7.48. The standard InChI is InChI=1S/C21H24N4O2/c1-14(2)15-7-9-16(10-8-15)22-19(26)13-24-11-12-25-20(21(24)27)17-5-3-4-6-18(17)23-25/h7-12,14H,3-6,13H2,1-2H3,(H,22,26). The molecule has 0 unspecified atom stereocenters. The second-order valence-corrected chi connectivity index (χ2v) is 7.48. The Balaban J connectivity index is 1.55. The van der Waals surface area contributed by atoms with E-state index in [9.17, 15) is 9.59 Å². The van der Waals surface area contributed by atoms with Crippen molar-refractivity contribution in [3.63, 3.8) is 0 Å². The average Bonchev–Trinajstić information content (AvgIpc) is 3.04. The summed E-state index contributed by atoms with van der Waals surface area (Å²) < 4.78 is 3.13. The van der Waals surface area contributed by atoms with E-state index in [1.165, 1.54) is 10.1 Å². The lowest BCUT2D eigenvalue weighted by Crippen LogP contribution is -2.28. The molecule has 1 amide bonds. The third-order valence-electron chi connectivity index (χ3n) is 5.21. The lowest BCUT2D eigenvalue weighted by Gasteiger charge is -2.10. The van der Waals surface area contributed by atoms with E-state index in [2.05, 4.69) is 24.3 Å². The zero-order valence-corrected chi connectivity index (χ0v) is 15.7. The van der Waals surface area contributed by atoms with E-state index in [0.717, 1.165) is 42.6 Å². The SMILES string of the molecule is CC(C)c1ccc(NC(=O)Cn2ccn3nc4c(c3c2=O)CCCC4)cc1. The molecule has 2 aromatic heterocycles. The number of hydrogen-bond acceptors (Lipinski definition) is 3. The summed E-state index contributed by atoms with van der Waals surface area (Å²) in [7, 11) is 0. The van der Waals surface area contributed by atoms with Crippen LogP contribution in [0.3, 0.4) is 0 Å². The normalized spacial score (nSPS) is 13.7. The maximum atomic E-state index is 12.9. The van der Waals surface area contributed by atoms with Crippen molar-refractivity contribution in [3.8, 4) is 0 Å². The molecule has 0 atom stereocenters. The van der Waals surface area contributed by atoms with Gasteiger partial charge in [-0.05, 0) is 49.3 Å². The first-order valence-corrected chi connectivity index (χ1v) is 9.52. The Morgan fingerprint density at radius 3 is 2.63 bits per heavy atom. The van der Waals surface area contributed by atoms with Crippen molar-refractivity contribution in [1.29, 1.82) is 0 Å². The van der Waals surface area contributed by atoms with E-state index in [-0.39, 0.29) is 18.0 Å². The van der Waals surface area contributed by atoms with E-state index in [1.807, 2.05) is 24.3 Å². The summed E-state index contributed by atoms with van der Waals surface area (Å²) in [4.78, 5) is 25.3. The third kappa shape index (κ3) is 3.39. The first-order chi connectivity index (χ1) is 13.0. The molecule has 6 nitrogen and oxygen atoms in total. The number of amides is 1. The minimum atomic E-state index is -0.216. The van der Waals surface area contributed by atoms with Crippen LogP contribution in [0, 0.1) is 0 Å². The van der Waals surface area contributed by atoms with Crippen molar-refractivity contribution in [2.45, 2.75) is 52.0 Å². The highest BCUT2D eigenvalue weighted by molar-refractivity contribution is 5.90. The van der Waals surface area contributed by atoms with Crippen LogP contribution in [0.15, 0.2) is 41.5 Å². The Bertz CT molecular complexity index is 1040. The van der Waals surface area contributed by atoms with E-state index in [4.69, 9.17) is 0 Å². The zero-order valence-electron chi connectivity index (χ0n) is 15.7. The van der Waals surface area contributed by atoms with Gasteiger partial charge in [0.1, 0.15) is 12.1 Å². The third-order valence-corrected chi connectivity index (χ3v) is 5.21. The van der Waals surface area contributed by atoms with Gasteiger partial charge >= 0.3 is 0 Å². The maximum Gasteiger partial charge on any atom is 0.277 e. The van der Waals surface area contributed by atoms with E-state index >= 15 is 0 Å². The quantitative estimate of drug-likeness (QED) is 0.773. The molecule has 4 rings (SSSR count). The van der Waals surface area contributed by atoms with Crippen molar-refractivity contribution < 1.29 is 4.79 Å². The number of aryl methyl sites for hydroxylation is 2. The first kappa shape index (κ1) is 17.5. The Labute approximate surface area is 157 Å². The summed E-state index contributed by atoms with van der Waals surface area (Å²) in [5.41, 5.74) is 4.48. The van der Waals surface area contributed by atoms with Crippen LogP contribution in [-0.4, -0.2) is 20.1 Å². The first-order valence-electron chi connectivity index (χ1n) is 9.52. The minimum absolute atomic E-state index is 0.0127. The monoisotopic (exact) mass is 364 g/mol. The van der Waals surface area contributed by atoms with Crippen molar-refractivity contribution in [3.05, 3.63) is 63.8 Å². The molecule has 2 heterocycles. The van der Waals surface area contributed by atoms with Gasteiger partial charge in [0.15, 0.2) is 0 Å². The number of aromatic nitrogens is 3. The number of fused-ring (bicyclic) bond motifs is 3. The van der Waals surface area contributed by atoms with Gasteiger partial charge in [-0.2, -0.15) is 5.10 Å². The summed E-state index contributed by atoms with van der Waals surface area (Å²) in [5.74, 6) is 0.230. The summed E-state index contributed by atoms with van der Waals surface area (Å²) in [6.45, 7) is 4.25. The van der Waals surface area contributed by atoms with Gasteiger partial charge in [-0.15, -0.1) is 0 Å². The maximum absolute atomic E-state index is 12.9. The Morgan fingerprint density at radius 2 is 1.89 bits per heavy atom. The van der Waals surface area contributed by atoms with E-state index in [0.29, 0.717) is 11.4 Å². The highest BCUT2D eigenvalue weighted by atomic mass is 16.2. The Hall–Kier alpha value is -2.89. The van der Waals surface area contributed by atoms with Gasteiger partial charge in [-0.25, -0.2) is 4.52 Å². The molecule has 140 valence electrons. The number of carbonyl (C=O) groups is 1. The number of rotatable bonds is 4. The van der Waals surface area contributed by atoms with E-state index in [1.54, 1.807) is 16.9 Å². The van der Waals surface area contributed by atoms with Crippen LogP contribution in [0.5, 0.6) is 0 Å². The molecular formula is C21H24N4O2. The predicted octanol–water partition coefficient (Wildman–Crippen LogP) is 3.14. The molecular weight excluding hydrogens is 340 g/mol. The van der Waals surface area contributed by atoms with Gasteiger partial charge in [0.25, 0.3) is 5.56 Å². The number of benzene rings is 1. The summed E-state index contributed by atoms with van der Waals surface area (Å²) >= 11 is 0. The Kier molecular flexibility index (Phi) is 4.56. The van der Waals surface area contributed by atoms with Crippen LogP contribution in [-0.2, 0) is 24.2 Å². The van der Waals surface area contributed by atoms with Crippen molar-refractivity contribution >= 4 is 17.1 Å². The fourth-order valence-electron chi connectivity index (χ4n) is 3.69. The average molecular weight is 364 g/mol. The highest BCUT2D eigenvalue weighted by Crippen LogP contribution is 2.22. The molecule has 1 aliphatic rings. The molecule has 0 aliphatic heterocycles. The molecule has 0 saturated heterocycles. The van der Waals surface area contributed by atoms with Crippen molar-refractivity contribution in [2.24, 2.45) is 0 Å². The summed E-state index contributed by atoms with van der Waals surface area (Å²) in [6.07, 6.45) is 7.39. The van der Waals surface area contributed by atoms with Crippen LogP contribution in [0.25, 0.3) is 5.52 Å². The van der Waals surface area contributed by atoms with Gasteiger partial charge < -0.3 is 9.88 Å². The fourth-order valence-corrected chi connectivity index (χ4v) is 3.69. The fraction of sp³-hybridized carbons (Fsp3) is 0.381. The molecule has 3 aromatic rings. The summed E-state index contributed by atoms with van der Waals surface area (Å²) in [6, 6.07) is 7.81. The molecule has 0 spiro atoms. The molecule has 0 bridgehead atoms. The van der Waals surface area contributed by atoms with Gasteiger partial charge in [0.2, 0.25) is 5.91 Å².